The predicted octanol–water partition coefficient (Wildman–Crippen LogP) is 6.76. The van der Waals surface area contributed by atoms with E-state index < -0.39 is 11.2 Å². The van der Waals surface area contributed by atoms with Crippen LogP contribution in [-0.4, -0.2) is 23.8 Å². The number of imidazole rings is 1. The molecular weight excluding hydrogens is 472 g/mol. The summed E-state index contributed by atoms with van der Waals surface area (Å²) in [4.78, 5) is 4.64. The minimum Gasteiger partial charge on any atom is -0.493 e. The van der Waals surface area contributed by atoms with E-state index in [0.717, 1.165) is 16.9 Å². The molecule has 0 saturated heterocycles. The first kappa shape index (κ1) is 24.5. The second kappa shape index (κ2) is 9.96. The highest BCUT2D eigenvalue weighted by Crippen LogP contribution is 2.38. The van der Waals surface area contributed by atoms with Crippen molar-refractivity contribution >= 4 is 17.3 Å². The molecule has 0 atom stereocenters. The number of para-hydroxylation sites is 1. The average Bonchev–Trinajstić information content (AvgIpc) is 3.28. The summed E-state index contributed by atoms with van der Waals surface area (Å²) in [6, 6.07) is 16.4. The van der Waals surface area contributed by atoms with E-state index in [9.17, 15) is 8.78 Å². The van der Waals surface area contributed by atoms with Crippen LogP contribution in [0.25, 0.3) is 5.69 Å². The highest BCUT2D eigenvalue weighted by atomic mass is 35.5. The van der Waals surface area contributed by atoms with Crippen molar-refractivity contribution in [1.82, 2.24) is 9.55 Å². The summed E-state index contributed by atoms with van der Waals surface area (Å²) < 4.78 is 40.9. The number of nitrogens with zero attached hydrogens (tertiary/aromatic N) is 2. The molecule has 3 aromatic carbocycles. The van der Waals surface area contributed by atoms with Crippen molar-refractivity contribution in [2.75, 3.05) is 19.5 Å². The van der Waals surface area contributed by atoms with Crippen molar-refractivity contribution in [3.63, 3.8) is 0 Å². The Morgan fingerprint density at radius 3 is 2.34 bits per heavy atom. The third-order valence-corrected chi connectivity index (χ3v) is 6.37. The van der Waals surface area contributed by atoms with E-state index in [4.69, 9.17) is 21.1 Å². The molecule has 0 spiro atoms. The van der Waals surface area contributed by atoms with Gasteiger partial charge >= 0.3 is 0 Å². The number of halogens is 3. The van der Waals surface area contributed by atoms with Crippen molar-refractivity contribution in [3.05, 3.63) is 101 Å². The zero-order chi connectivity index (χ0) is 25.2. The first-order chi connectivity index (χ1) is 16.8. The molecule has 0 fully saturated rings. The second-order valence-electron chi connectivity index (χ2n) is 8.52. The number of ether oxygens (including phenoxy) is 2. The van der Waals surface area contributed by atoms with Crippen LogP contribution in [-0.2, 0) is 12.0 Å². The number of anilines is 1. The first-order valence-electron chi connectivity index (χ1n) is 11.0. The standard InChI is InChI=1S/C27H26ClF2N3O2/c1-27(2,17-8-13-22(34-3)23(14-17)35-4)24-15-31-25(33(24)19-11-9-18(29)10-12-19)16-32-26-20(28)6-5-7-21(26)30/h5-15,32H,16H2,1-4H3. The maximum Gasteiger partial charge on any atom is 0.161 e. The lowest BCUT2D eigenvalue weighted by Crippen LogP contribution is -2.24. The van der Waals surface area contributed by atoms with E-state index >= 15 is 0 Å². The average molecular weight is 498 g/mol. The summed E-state index contributed by atoms with van der Waals surface area (Å²) in [6.45, 7) is 4.33. The molecule has 0 radical (unpaired) electrons. The number of rotatable bonds is 8. The molecule has 1 N–H and O–H groups in total. The summed E-state index contributed by atoms with van der Waals surface area (Å²) in [7, 11) is 3.18. The van der Waals surface area contributed by atoms with E-state index in [-0.39, 0.29) is 23.1 Å². The number of hydrogen-bond acceptors (Lipinski definition) is 4. The summed E-state index contributed by atoms with van der Waals surface area (Å²) in [6.07, 6.45) is 1.78. The van der Waals surface area contributed by atoms with Crippen LogP contribution in [0, 0.1) is 11.6 Å². The normalized spacial score (nSPS) is 11.4. The maximum atomic E-state index is 14.3. The highest BCUT2D eigenvalue weighted by Gasteiger charge is 2.30. The third kappa shape index (κ3) is 4.82. The van der Waals surface area contributed by atoms with E-state index in [1.165, 1.54) is 18.2 Å². The van der Waals surface area contributed by atoms with Gasteiger partial charge < -0.3 is 14.8 Å². The second-order valence-corrected chi connectivity index (χ2v) is 8.92. The monoisotopic (exact) mass is 497 g/mol. The highest BCUT2D eigenvalue weighted by molar-refractivity contribution is 6.33. The van der Waals surface area contributed by atoms with Crippen LogP contribution in [0.3, 0.4) is 0 Å². The lowest BCUT2D eigenvalue weighted by Gasteiger charge is -2.28. The van der Waals surface area contributed by atoms with Crippen LogP contribution in [0.2, 0.25) is 5.02 Å². The number of benzene rings is 3. The predicted molar refractivity (Wildman–Crippen MR) is 134 cm³/mol. The minimum atomic E-state index is -0.533. The molecule has 8 heteroatoms. The van der Waals surface area contributed by atoms with Gasteiger partial charge in [0.1, 0.15) is 17.5 Å². The van der Waals surface area contributed by atoms with Gasteiger partial charge in [0.2, 0.25) is 0 Å². The van der Waals surface area contributed by atoms with E-state index in [1.807, 2.05) is 22.8 Å². The van der Waals surface area contributed by atoms with Gasteiger partial charge in [-0.15, -0.1) is 0 Å². The minimum absolute atomic E-state index is 0.194. The third-order valence-electron chi connectivity index (χ3n) is 6.05. The van der Waals surface area contributed by atoms with Gasteiger partial charge in [0, 0.05) is 17.3 Å². The number of methoxy groups -OCH3 is 2. The molecule has 0 bridgehead atoms. The Morgan fingerprint density at radius 2 is 1.69 bits per heavy atom. The molecule has 0 aliphatic rings. The van der Waals surface area contributed by atoms with Gasteiger partial charge in [0.25, 0.3) is 0 Å². The topological polar surface area (TPSA) is 48.3 Å². The van der Waals surface area contributed by atoms with Gasteiger partial charge in [-0.25, -0.2) is 13.8 Å². The SMILES string of the molecule is COc1ccc(C(C)(C)c2cnc(CNc3c(F)cccc3Cl)n2-c2ccc(F)cc2)cc1OC. The van der Waals surface area contributed by atoms with Crippen molar-refractivity contribution in [2.45, 2.75) is 25.8 Å². The summed E-state index contributed by atoms with van der Waals surface area (Å²) in [5, 5.41) is 3.33. The van der Waals surface area contributed by atoms with Crippen molar-refractivity contribution < 1.29 is 18.3 Å². The van der Waals surface area contributed by atoms with Crippen molar-refractivity contribution in [2.24, 2.45) is 0 Å². The molecule has 0 aliphatic heterocycles. The van der Waals surface area contributed by atoms with E-state index in [0.29, 0.717) is 17.3 Å². The number of hydrogen-bond donors (Lipinski definition) is 1. The van der Waals surface area contributed by atoms with Crippen molar-refractivity contribution in [1.29, 1.82) is 0 Å². The Hall–Kier alpha value is -3.58. The lowest BCUT2D eigenvalue weighted by molar-refractivity contribution is 0.353. The summed E-state index contributed by atoms with van der Waals surface area (Å²) in [5.41, 5.74) is 2.21. The van der Waals surface area contributed by atoms with Gasteiger partial charge in [-0.2, -0.15) is 0 Å². The number of aromatic nitrogens is 2. The molecule has 0 unspecified atom stereocenters. The van der Waals surface area contributed by atoms with Gasteiger partial charge in [-0.05, 0) is 54.1 Å². The molecule has 4 rings (SSSR count). The Bertz CT molecular complexity index is 1320. The van der Waals surface area contributed by atoms with Crippen molar-refractivity contribution in [3.8, 4) is 17.2 Å². The molecule has 0 aliphatic carbocycles. The Morgan fingerprint density at radius 1 is 0.971 bits per heavy atom. The first-order valence-corrected chi connectivity index (χ1v) is 11.4. The van der Waals surface area contributed by atoms with Crippen LogP contribution >= 0.6 is 11.6 Å². The quantitative estimate of drug-likeness (QED) is 0.292. The molecule has 182 valence electrons. The molecule has 1 aromatic heterocycles. The molecule has 1 heterocycles. The summed E-state index contributed by atoms with van der Waals surface area (Å²) in [5.74, 6) is 1.06. The molecular formula is C27H26ClF2N3O2. The Labute approximate surface area is 208 Å². The Balaban J connectivity index is 1.80. The molecule has 0 amide bonds. The largest absolute Gasteiger partial charge is 0.493 e. The maximum absolute atomic E-state index is 14.3. The molecule has 0 saturated carbocycles. The summed E-state index contributed by atoms with van der Waals surface area (Å²) >= 11 is 6.19. The van der Waals surface area contributed by atoms with Gasteiger partial charge in [-0.3, -0.25) is 4.57 Å². The van der Waals surface area contributed by atoms with E-state index in [2.05, 4.69) is 24.1 Å². The molecule has 4 aromatic rings. The molecule has 5 nitrogen and oxygen atoms in total. The zero-order valence-corrected chi connectivity index (χ0v) is 20.7. The number of nitrogens with one attached hydrogen (secondary N) is 1. The zero-order valence-electron chi connectivity index (χ0n) is 19.9. The van der Waals surface area contributed by atoms with Crippen LogP contribution in [0.5, 0.6) is 11.5 Å². The smallest absolute Gasteiger partial charge is 0.161 e. The fourth-order valence-electron chi connectivity index (χ4n) is 4.04. The van der Waals surface area contributed by atoms with Crippen LogP contribution in [0.4, 0.5) is 14.5 Å². The van der Waals surface area contributed by atoms with Crippen LogP contribution < -0.4 is 14.8 Å². The fourth-order valence-corrected chi connectivity index (χ4v) is 4.27. The van der Waals surface area contributed by atoms with Gasteiger partial charge in [0.15, 0.2) is 11.5 Å². The lowest BCUT2D eigenvalue weighted by atomic mass is 9.81. The van der Waals surface area contributed by atoms with E-state index in [1.54, 1.807) is 44.7 Å². The molecule has 35 heavy (non-hydrogen) atoms. The van der Waals surface area contributed by atoms with Crippen LogP contribution in [0.15, 0.2) is 66.9 Å². The van der Waals surface area contributed by atoms with Gasteiger partial charge in [0.05, 0.1) is 37.2 Å². The van der Waals surface area contributed by atoms with Crippen LogP contribution in [0.1, 0.15) is 30.9 Å². The Kier molecular flexibility index (Phi) is 6.98. The van der Waals surface area contributed by atoms with Gasteiger partial charge in [-0.1, -0.05) is 37.6 Å². The fraction of sp³-hybridized carbons (Fsp3) is 0.222.